The van der Waals surface area contributed by atoms with Gasteiger partial charge in [-0.25, -0.2) is 0 Å². The van der Waals surface area contributed by atoms with Crippen LogP contribution < -0.4 is 20.7 Å². The molecule has 2 saturated heterocycles. The predicted molar refractivity (Wildman–Crippen MR) is 174 cm³/mol. The van der Waals surface area contributed by atoms with Crippen molar-refractivity contribution in [3.63, 3.8) is 0 Å². The molecule has 0 spiro atoms. The second kappa shape index (κ2) is 15.1. The third-order valence-electron chi connectivity index (χ3n) is 9.84. The van der Waals surface area contributed by atoms with E-state index in [9.17, 15) is 19.2 Å². The number of nitrogens with zero attached hydrogens (tertiary/aromatic N) is 2. The molecule has 246 valence electrons. The van der Waals surface area contributed by atoms with Gasteiger partial charge in [-0.15, -0.1) is 0 Å². The SMILES string of the molecule is O=C(NC1CCCC1)[C@@H]1Cc2cccc(c2)Oc2cccc(c2)C[C@H](N2CCCC2=O)C(=O)N[C@@H](CCN2CCCCC2)C(=O)N1. The van der Waals surface area contributed by atoms with E-state index in [4.69, 9.17) is 4.74 Å². The fourth-order valence-corrected chi connectivity index (χ4v) is 7.29. The average Bonchev–Trinajstić information content (AvgIpc) is 3.73. The number of carbonyl (C=O) groups is 4. The highest BCUT2D eigenvalue weighted by molar-refractivity contribution is 5.94. The molecule has 3 N–H and O–H groups in total. The van der Waals surface area contributed by atoms with Gasteiger partial charge < -0.3 is 30.5 Å². The number of carbonyl (C=O) groups excluding carboxylic acids is 4. The lowest BCUT2D eigenvalue weighted by atomic mass is 10.0. The van der Waals surface area contributed by atoms with Crippen molar-refractivity contribution in [3.05, 3.63) is 59.7 Å². The minimum atomic E-state index is -0.856. The maximum absolute atomic E-state index is 14.1. The molecule has 3 atom stereocenters. The minimum absolute atomic E-state index is 0.0586. The summed E-state index contributed by atoms with van der Waals surface area (Å²) in [6.45, 7) is 3.09. The van der Waals surface area contributed by atoms with Gasteiger partial charge in [0.15, 0.2) is 0 Å². The molecule has 3 fully saturated rings. The summed E-state index contributed by atoms with van der Waals surface area (Å²) in [5.74, 6) is 0.219. The molecule has 4 amide bonds. The van der Waals surface area contributed by atoms with Crippen molar-refractivity contribution < 1.29 is 23.9 Å². The third-order valence-corrected chi connectivity index (χ3v) is 9.84. The van der Waals surface area contributed by atoms with Crippen molar-refractivity contribution in [2.24, 2.45) is 0 Å². The highest BCUT2D eigenvalue weighted by Crippen LogP contribution is 2.26. The number of nitrogens with one attached hydrogen (secondary N) is 3. The Bertz CT molecular complexity index is 1400. The molecule has 1 aliphatic carbocycles. The Hall–Kier alpha value is -3.92. The number of fused-ring (bicyclic) bond motifs is 4. The van der Waals surface area contributed by atoms with Crippen LogP contribution in [0.1, 0.15) is 75.3 Å². The van der Waals surface area contributed by atoms with E-state index in [1.807, 2.05) is 48.5 Å². The zero-order valence-electron chi connectivity index (χ0n) is 26.7. The lowest BCUT2D eigenvalue weighted by Gasteiger charge is -2.31. The molecule has 10 heteroatoms. The fraction of sp³-hybridized carbons (Fsp3) is 0.556. The lowest BCUT2D eigenvalue weighted by molar-refractivity contribution is -0.139. The van der Waals surface area contributed by atoms with Crippen molar-refractivity contribution in [1.29, 1.82) is 0 Å². The summed E-state index contributed by atoms with van der Waals surface area (Å²) in [5.41, 5.74) is 1.72. The smallest absolute Gasteiger partial charge is 0.243 e. The lowest BCUT2D eigenvalue weighted by Crippen LogP contribution is -2.58. The molecule has 3 heterocycles. The first-order valence-corrected chi connectivity index (χ1v) is 17.2. The van der Waals surface area contributed by atoms with Gasteiger partial charge in [0, 0.05) is 38.4 Å². The van der Waals surface area contributed by atoms with Gasteiger partial charge in [0.1, 0.15) is 29.6 Å². The Morgan fingerprint density at radius 2 is 1.50 bits per heavy atom. The minimum Gasteiger partial charge on any atom is -0.457 e. The third kappa shape index (κ3) is 8.26. The molecule has 10 nitrogen and oxygen atoms in total. The van der Waals surface area contributed by atoms with Crippen molar-refractivity contribution in [1.82, 2.24) is 25.8 Å². The number of hydrogen-bond acceptors (Lipinski definition) is 6. The van der Waals surface area contributed by atoms with E-state index in [1.165, 1.54) is 6.42 Å². The molecule has 1 saturated carbocycles. The molecular weight excluding hydrogens is 582 g/mol. The van der Waals surface area contributed by atoms with Crippen LogP contribution in [0.4, 0.5) is 0 Å². The van der Waals surface area contributed by atoms with Crippen LogP contribution in [-0.4, -0.2) is 83.8 Å². The summed E-state index contributed by atoms with van der Waals surface area (Å²) in [6, 6.07) is 12.8. The second-order valence-corrected chi connectivity index (χ2v) is 13.3. The fourth-order valence-electron chi connectivity index (χ4n) is 7.29. The highest BCUT2D eigenvalue weighted by atomic mass is 16.5. The van der Waals surface area contributed by atoms with Gasteiger partial charge in [-0.05, 0) is 87.0 Å². The summed E-state index contributed by atoms with van der Waals surface area (Å²) in [4.78, 5) is 58.8. The number of hydrogen-bond donors (Lipinski definition) is 3. The monoisotopic (exact) mass is 629 g/mol. The molecule has 46 heavy (non-hydrogen) atoms. The number of rotatable bonds is 6. The van der Waals surface area contributed by atoms with Crippen molar-refractivity contribution in [3.8, 4) is 11.5 Å². The molecule has 6 rings (SSSR count). The first-order valence-electron chi connectivity index (χ1n) is 17.2. The summed E-state index contributed by atoms with van der Waals surface area (Å²) in [7, 11) is 0. The Morgan fingerprint density at radius 1 is 0.804 bits per heavy atom. The summed E-state index contributed by atoms with van der Waals surface area (Å²) in [5, 5.41) is 9.25. The van der Waals surface area contributed by atoms with Gasteiger partial charge in [-0.1, -0.05) is 43.5 Å². The molecule has 0 radical (unpaired) electrons. The normalized spacial score (nSPS) is 25.1. The molecular formula is C36H47N5O5. The van der Waals surface area contributed by atoms with E-state index in [2.05, 4.69) is 20.9 Å². The van der Waals surface area contributed by atoms with Crippen molar-refractivity contribution in [2.75, 3.05) is 26.2 Å². The van der Waals surface area contributed by atoms with E-state index in [0.29, 0.717) is 50.3 Å². The van der Waals surface area contributed by atoms with Crippen LogP contribution in [0.25, 0.3) is 0 Å². The quantitative estimate of drug-likeness (QED) is 0.450. The number of piperidine rings is 1. The number of ether oxygens (including phenoxy) is 1. The van der Waals surface area contributed by atoms with Gasteiger partial charge in [0.2, 0.25) is 23.6 Å². The Balaban J connectivity index is 1.33. The van der Waals surface area contributed by atoms with Gasteiger partial charge in [-0.3, -0.25) is 19.2 Å². The van der Waals surface area contributed by atoms with Gasteiger partial charge >= 0.3 is 0 Å². The van der Waals surface area contributed by atoms with Crippen LogP contribution in [-0.2, 0) is 32.0 Å². The zero-order chi connectivity index (χ0) is 31.9. The molecule has 2 aromatic carbocycles. The zero-order valence-corrected chi connectivity index (χ0v) is 26.7. The predicted octanol–water partition coefficient (Wildman–Crippen LogP) is 3.47. The number of amides is 4. The second-order valence-electron chi connectivity index (χ2n) is 13.3. The number of likely N-dealkylation sites (tertiary alicyclic amines) is 2. The molecule has 4 bridgehead atoms. The average molecular weight is 630 g/mol. The summed E-state index contributed by atoms with van der Waals surface area (Å²) >= 11 is 0. The van der Waals surface area contributed by atoms with Gasteiger partial charge in [-0.2, -0.15) is 0 Å². The van der Waals surface area contributed by atoms with Crippen LogP contribution in [0.15, 0.2) is 48.5 Å². The largest absolute Gasteiger partial charge is 0.457 e. The maximum Gasteiger partial charge on any atom is 0.243 e. The molecule has 3 aliphatic heterocycles. The van der Waals surface area contributed by atoms with E-state index in [0.717, 1.165) is 62.7 Å². The standard InChI is InChI=1S/C36H47N5O5/c42-33-15-8-19-41(33)32-24-26-10-7-14-29(22-26)46-28-13-6-9-25(21-28)23-31(35(44)37-27-11-2-3-12-27)39-34(43)30(38-36(32)45)16-20-40-17-4-1-5-18-40/h6-7,9-10,13-14,21-22,27,30-32H,1-5,8,11-12,15-20,23-24H2,(H,37,44)(H,38,45)(H,39,43)/t30-,31-,32-/m0/s1. The first-order chi connectivity index (χ1) is 22.4. The van der Waals surface area contributed by atoms with E-state index < -0.39 is 18.1 Å². The van der Waals surface area contributed by atoms with E-state index in [-0.39, 0.29) is 36.1 Å². The molecule has 0 unspecified atom stereocenters. The topological polar surface area (TPSA) is 120 Å². The van der Waals surface area contributed by atoms with E-state index >= 15 is 0 Å². The Kier molecular flexibility index (Phi) is 10.5. The molecule has 2 aromatic rings. The van der Waals surface area contributed by atoms with Crippen LogP contribution in [0, 0.1) is 0 Å². The van der Waals surface area contributed by atoms with Crippen LogP contribution in [0.3, 0.4) is 0 Å². The van der Waals surface area contributed by atoms with Crippen molar-refractivity contribution in [2.45, 2.75) is 101 Å². The van der Waals surface area contributed by atoms with Gasteiger partial charge in [0.25, 0.3) is 0 Å². The summed E-state index contributed by atoms with van der Waals surface area (Å²) < 4.78 is 6.23. The summed E-state index contributed by atoms with van der Waals surface area (Å²) in [6.07, 6.45) is 9.53. The highest BCUT2D eigenvalue weighted by Gasteiger charge is 2.36. The first kappa shape index (κ1) is 32.0. The molecule has 0 aromatic heterocycles. The maximum atomic E-state index is 14.1. The Morgan fingerprint density at radius 3 is 2.17 bits per heavy atom. The van der Waals surface area contributed by atoms with Crippen molar-refractivity contribution >= 4 is 23.6 Å². The van der Waals surface area contributed by atoms with Crippen LogP contribution >= 0.6 is 0 Å². The van der Waals surface area contributed by atoms with E-state index in [1.54, 1.807) is 4.90 Å². The number of benzene rings is 2. The van der Waals surface area contributed by atoms with Gasteiger partial charge in [0.05, 0.1) is 0 Å². The van der Waals surface area contributed by atoms with Crippen LogP contribution in [0.5, 0.6) is 11.5 Å². The molecule has 4 aliphatic rings. The Labute approximate surface area is 271 Å². The van der Waals surface area contributed by atoms with Crippen LogP contribution in [0.2, 0.25) is 0 Å².